The Bertz CT molecular complexity index is 1600. The molecule has 0 saturated heterocycles. The number of anilines is 2. The van der Waals surface area contributed by atoms with Gasteiger partial charge in [-0.05, 0) is 77.3 Å². The summed E-state index contributed by atoms with van der Waals surface area (Å²) in [6.07, 6.45) is 0.744. The molecule has 0 radical (unpaired) electrons. The standard InChI is InChI=1S/C30H32N6/c1-17-8-10-24(11-9-17)16-26-22(6)31-23(7)32-30(26)34-28-15-21(5)35-36(28)27-14-19(3)25-13-18(2)12-20(4)29(25)33-27/h8-15H,16H2,1-7H3,(H,31,32,34). The second-order valence-electron chi connectivity index (χ2n) is 9.83. The van der Waals surface area contributed by atoms with Crippen LogP contribution in [0.2, 0.25) is 0 Å². The molecule has 5 aromatic rings. The van der Waals surface area contributed by atoms with Crippen molar-refractivity contribution < 1.29 is 0 Å². The highest BCUT2D eigenvalue weighted by Crippen LogP contribution is 2.29. The Morgan fingerprint density at radius 3 is 2.25 bits per heavy atom. The van der Waals surface area contributed by atoms with Crippen LogP contribution < -0.4 is 5.32 Å². The Morgan fingerprint density at radius 1 is 0.750 bits per heavy atom. The topological polar surface area (TPSA) is 68.5 Å². The van der Waals surface area contributed by atoms with E-state index < -0.39 is 0 Å². The monoisotopic (exact) mass is 476 g/mol. The largest absolute Gasteiger partial charge is 0.324 e. The number of aryl methyl sites for hydroxylation is 7. The van der Waals surface area contributed by atoms with Crippen LogP contribution in [0, 0.1) is 48.5 Å². The van der Waals surface area contributed by atoms with Gasteiger partial charge < -0.3 is 5.32 Å². The second-order valence-corrected chi connectivity index (χ2v) is 9.83. The Hall–Kier alpha value is -4.06. The van der Waals surface area contributed by atoms with Crippen LogP contribution in [0.1, 0.15) is 50.6 Å². The number of benzene rings is 2. The third-order valence-electron chi connectivity index (χ3n) is 6.56. The van der Waals surface area contributed by atoms with Gasteiger partial charge in [0, 0.05) is 29.1 Å². The lowest BCUT2D eigenvalue weighted by Gasteiger charge is -2.16. The van der Waals surface area contributed by atoms with Crippen molar-refractivity contribution in [2.75, 3.05) is 5.32 Å². The molecule has 6 nitrogen and oxygen atoms in total. The number of hydrogen-bond donors (Lipinski definition) is 1. The van der Waals surface area contributed by atoms with E-state index in [2.05, 4.69) is 80.5 Å². The van der Waals surface area contributed by atoms with E-state index in [-0.39, 0.29) is 0 Å². The number of nitrogens with zero attached hydrogens (tertiary/aromatic N) is 5. The van der Waals surface area contributed by atoms with E-state index in [1.165, 1.54) is 27.6 Å². The van der Waals surface area contributed by atoms with Gasteiger partial charge in [0.25, 0.3) is 0 Å². The molecular weight excluding hydrogens is 444 g/mol. The van der Waals surface area contributed by atoms with Gasteiger partial charge in [0.05, 0.1) is 11.2 Å². The molecule has 0 aliphatic heterocycles. The maximum Gasteiger partial charge on any atom is 0.156 e. The summed E-state index contributed by atoms with van der Waals surface area (Å²) in [5, 5.41) is 9.54. The minimum Gasteiger partial charge on any atom is -0.324 e. The number of aromatic nitrogens is 5. The third-order valence-corrected chi connectivity index (χ3v) is 6.56. The Morgan fingerprint density at radius 2 is 1.50 bits per heavy atom. The Balaban J connectivity index is 1.59. The molecule has 0 atom stereocenters. The molecule has 6 heteroatoms. The Labute approximate surface area is 212 Å². The van der Waals surface area contributed by atoms with E-state index in [0.29, 0.717) is 0 Å². The number of rotatable bonds is 5. The van der Waals surface area contributed by atoms with Gasteiger partial charge in [-0.15, -0.1) is 0 Å². The van der Waals surface area contributed by atoms with Crippen LogP contribution in [0.3, 0.4) is 0 Å². The molecule has 0 aliphatic rings. The summed E-state index contributed by atoms with van der Waals surface area (Å²) in [7, 11) is 0. The average Bonchev–Trinajstić information content (AvgIpc) is 3.18. The molecule has 36 heavy (non-hydrogen) atoms. The fourth-order valence-corrected chi connectivity index (χ4v) is 4.78. The molecule has 3 heterocycles. The van der Waals surface area contributed by atoms with Gasteiger partial charge in [-0.3, -0.25) is 0 Å². The lowest BCUT2D eigenvalue weighted by molar-refractivity contribution is 0.840. The highest BCUT2D eigenvalue weighted by molar-refractivity contribution is 5.86. The van der Waals surface area contributed by atoms with Crippen LogP contribution >= 0.6 is 0 Å². The zero-order chi connectivity index (χ0) is 25.6. The van der Waals surface area contributed by atoms with Crippen molar-refractivity contribution in [1.82, 2.24) is 24.7 Å². The van der Waals surface area contributed by atoms with Gasteiger partial charge in [0.15, 0.2) is 5.82 Å². The smallest absolute Gasteiger partial charge is 0.156 e. The summed E-state index contributed by atoms with van der Waals surface area (Å²) in [5.74, 6) is 3.14. The number of nitrogens with one attached hydrogen (secondary N) is 1. The van der Waals surface area contributed by atoms with E-state index in [1.807, 2.05) is 31.5 Å². The van der Waals surface area contributed by atoms with Crippen molar-refractivity contribution in [2.24, 2.45) is 0 Å². The maximum absolute atomic E-state index is 5.02. The van der Waals surface area contributed by atoms with Crippen LogP contribution in [0.15, 0.2) is 48.5 Å². The molecule has 182 valence electrons. The molecular formula is C30H32N6. The molecule has 0 amide bonds. The van der Waals surface area contributed by atoms with Crippen molar-refractivity contribution in [3.8, 4) is 5.82 Å². The van der Waals surface area contributed by atoms with Gasteiger partial charge in [-0.1, -0.05) is 41.5 Å². The molecule has 2 aromatic carbocycles. The van der Waals surface area contributed by atoms with Gasteiger partial charge in [-0.25, -0.2) is 15.0 Å². The molecule has 1 N–H and O–H groups in total. The van der Waals surface area contributed by atoms with Crippen LogP contribution in [-0.4, -0.2) is 24.7 Å². The number of hydrogen-bond acceptors (Lipinski definition) is 5. The quantitative estimate of drug-likeness (QED) is 0.305. The summed E-state index contributed by atoms with van der Waals surface area (Å²) in [5.41, 5.74) is 10.0. The summed E-state index contributed by atoms with van der Waals surface area (Å²) in [6, 6.07) is 17.1. The van der Waals surface area contributed by atoms with Gasteiger partial charge in [0.1, 0.15) is 17.5 Å². The van der Waals surface area contributed by atoms with Gasteiger partial charge >= 0.3 is 0 Å². The SMILES string of the molecule is Cc1ccc(Cc2c(C)nc(C)nc2Nc2cc(C)nn2-c2cc(C)c3cc(C)cc(C)c3n2)cc1. The van der Waals surface area contributed by atoms with E-state index in [1.54, 1.807) is 0 Å². The minimum absolute atomic E-state index is 0.733. The van der Waals surface area contributed by atoms with E-state index in [4.69, 9.17) is 15.1 Å². The summed E-state index contributed by atoms with van der Waals surface area (Å²) in [6.45, 7) is 14.4. The average molecular weight is 477 g/mol. The first kappa shape index (κ1) is 23.7. The van der Waals surface area contributed by atoms with Gasteiger partial charge in [0.2, 0.25) is 0 Å². The molecule has 0 unspecified atom stereocenters. The lowest BCUT2D eigenvalue weighted by atomic mass is 10.0. The second kappa shape index (κ2) is 9.19. The van der Waals surface area contributed by atoms with Crippen LogP contribution in [0.5, 0.6) is 0 Å². The third kappa shape index (κ3) is 4.59. The van der Waals surface area contributed by atoms with Crippen LogP contribution in [-0.2, 0) is 6.42 Å². The zero-order valence-corrected chi connectivity index (χ0v) is 22.1. The minimum atomic E-state index is 0.733. The molecule has 5 rings (SSSR count). The first-order chi connectivity index (χ1) is 17.2. The normalized spacial score (nSPS) is 11.3. The maximum atomic E-state index is 5.02. The molecule has 0 spiro atoms. The molecule has 3 aromatic heterocycles. The summed E-state index contributed by atoms with van der Waals surface area (Å²) < 4.78 is 1.88. The van der Waals surface area contributed by atoms with E-state index in [0.717, 1.165) is 57.7 Å². The van der Waals surface area contributed by atoms with Crippen molar-refractivity contribution >= 4 is 22.5 Å². The zero-order valence-electron chi connectivity index (χ0n) is 22.1. The summed E-state index contributed by atoms with van der Waals surface area (Å²) >= 11 is 0. The predicted molar refractivity (Wildman–Crippen MR) is 147 cm³/mol. The number of pyridine rings is 1. The predicted octanol–water partition coefficient (Wildman–Crippen LogP) is 6.70. The molecule has 0 bridgehead atoms. The fourth-order valence-electron chi connectivity index (χ4n) is 4.78. The highest BCUT2D eigenvalue weighted by Gasteiger charge is 2.17. The molecule has 0 fully saturated rings. The van der Waals surface area contributed by atoms with Crippen molar-refractivity contribution in [2.45, 2.75) is 54.9 Å². The van der Waals surface area contributed by atoms with Crippen molar-refractivity contribution in [3.05, 3.63) is 99.1 Å². The lowest BCUT2D eigenvalue weighted by Crippen LogP contribution is -2.10. The fraction of sp³-hybridized carbons (Fsp3) is 0.267. The van der Waals surface area contributed by atoms with E-state index >= 15 is 0 Å². The molecule has 0 saturated carbocycles. The number of fused-ring (bicyclic) bond motifs is 1. The van der Waals surface area contributed by atoms with E-state index in [9.17, 15) is 0 Å². The van der Waals surface area contributed by atoms with Gasteiger partial charge in [-0.2, -0.15) is 9.78 Å². The van der Waals surface area contributed by atoms with Crippen molar-refractivity contribution in [1.29, 1.82) is 0 Å². The molecule has 0 aliphatic carbocycles. The van der Waals surface area contributed by atoms with Crippen molar-refractivity contribution in [3.63, 3.8) is 0 Å². The van der Waals surface area contributed by atoms with Crippen LogP contribution in [0.25, 0.3) is 16.7 Å². The van der Waals surface area contributed by atoms with Crippen LogP contribution in [0.4, 0.5) is 11.6 Å². The first-order valence-corrected chi connectivity index (χ1v) is 12.3. The highest BCUT2D eigenvalue weighted by atomic mass is 15.4. The summed E-state index contributed by atoms with van der Waals surface area (Å²) in [4.78, 5) is 14.5. The Kier molecular flexibility index (Phi) is 6.04. The first-order valence-electron chi connectivity index (χ1n) is 12.3.